The average Bonchev–Trinajstić information content (AvgIpc) is 3.75. The van der Waals surface area contributed by atoms with Crippen LogP contribution < -0.4 is 9.96 Å². The zero-order valence-corrected chi connectivity index (χ0v) is 35.4. The topological polar surface area (TPSA) is 0 Å². The maximum atomic E-state index is 5.93. The molecule has 0 fully saturated rings. The zero-order chi connectivity index (χ0) is 33.5. The molecule has 0 atom stereocenters. The number of hydrogen-bond acceptors (Lipinski definition) is 0. The normalized spacial score (nSPS) is 14.2. The Labute approximate surface area is 311 Å². The van der Waals surface area contributed by atoms with Crippen LogP contribution in [0.3, 0.4) is 0 Å². The Kier molecular flexibility index (Phi) is 9.25. The number of hydrogen-bond donors (Lipinski definition) is 0. The van der Waals surface area contributed by atoms with Crippen molar-refractivity contribution < 1.29 is 18.0 Å². The van der Waals surface area contributed by atoms with Gasteiger partial charge in [-0.3, -0.25) is 0 Å². The fourth-order valence-corrected chi connectivity index (χ4v) is 33.6. The fourth-order valence-electron chi connectivity index (χ4n) is 8.89. The fraction of sp³-hybridized carbons (Fsp3) is 0.213. The Balaban J connectivity index is 0.00000216. The van der Waals surface area contributed by atoms with E-state index in [0.29, 0.717) is 0 Å². The molecule has 6 aromatic carbocycles. The van der Waals surface area contributed by atoms with E-state index in [-0.39, 0.29) is 35.6 Å². The van der Waals surface area contributed by atoms with Crippen LogP contribution in [0.4, 0.5) is 0 Å². The summed E-state index contributed by atoms with van der Waals surface area (Å²) < 4.78 is 11.9. The first-order valence-corrected chi connectivity index (χ1v) is 27.3. The third-order valence-corrected chi connectivity index (χ3v) is 35.6. The number of halogens is 2. The van der Waals surface area contributed by atoms with E-state index in [2.05, 4.69) is 175 Å². The standard InChI is InChI=1S/C21H25.2C10H7.C5H5.CH2.2ClH.Hf/c1-20(2,3)16-9-7-14-11-15-8-10-17(21(4,5)6)13-19(15)18(14)12-16;2*1-2-6-10-8-4-3-7-9(10)5-1;1-2-4-5-3-1;;;;/h7,9-10,12-13H,11H2,1-6H3;2*1-7H;1-3H,4H2;1H2;2*1H;. The molecular weight excluding hydrogens is 814 g/mol. The van der Waals surface area contributed by atoms with Gasteiger partial charge < -0.3 is 0 Å². The van der Waals surface area contributed by atoms with Gasteiger partial charge in [0.2, 0.25) is 0 Å². The summed E-state index contributed by atoms with van der Waals surface area (Å²) in [5.41, 5.74) is 8.57. The zero-order valence-electron chi connectivity index (χ0n) is 30.1. The summed E-state index contributed by atoms with van der Waals surface area (Å²) in [6.07, 6.45) is 8.99. The van der Waals surface area contributed by atoms with Crippen molar-refractivity contribution in [3.05, 3.63) is 159 Å². The van der Waals surface area contributed by atoms with E-state index in [1.165, 1.54) is 68.2 Å². The molecule has 6 aromatic rings. The van der Waals surface area contributed by atoms with Crippen LogP contribution in [0.25, 0.3) is 32.7 Å². The van der Waals surface area contributed by atoms with Gasteiger partial charge in [0, 0.05) is 0 Å². The van der Waals surface area contributed by atoms with E-state index in [1.54, 1.807) is 0 Å². The minimum atomic E-state index is -5.28. The maximum absolute atomic E-state index is 5.93. The molecular formula is C47H48Cl2Hf. The third kappa shape index (κ3) is 5.30. The number of benzene rings is 6. The molecule has 0 aromatic heterocycles. The van der Waals surface area contributed by atoms with Gasteiger partial charge >= 0.3 is 289 Å². The first kappa shape index (κ1) is 36.4. The first-order chi connectivity index (χ1) is 22.9. The molecule has 0 heterocycles. The van der Waals surface area contributed by atoms with Crippen molar-refractivity contribution >= 4 is 60.6 Å². The molecule has 0 bridgehead atoms. The van der Waals surface area contributed by atoms with Crippen molar-refractivity contribution in [3.8, 4) is 11.1 Å². The van der Waals surface area contributed by atoms with Gasteiger partial charge in [0.05, 0.1) is 0 Å². The Bertz CT molecular complexity index is 2330. The predicted molar refractivity (Wildman–Crippen MR) is 222 cm³/mol. The molecule has 8 rings (SSSR count). The van der Waals surface area contributed by atoms with E-state index in [4.69, 9.17) is 4.26 Å². The molecule has 0 amide bonds. The second-order valence-electron chi connectivity index (χ2n) is 16.4. The van der Waals surface area contributed by atoms with E-state index >= 15 is 0 Å². The van der Waals surface area contributed by atoms with Crippen LogP contribution in [0.1, 0.15) is 70.2 Å². The van der Waals surface area contributed by atoms with Crippen molar-refractivity contribution in [3.63, 3.8) is 0 Å². The minimum absolute atomic E-state index is 0. The Morgan fingerprint density at radius 3 is 1.64 bits per heavy atom. The number of fused-ring (bicyclic) bond motifs is 5. The Hall–Kier alpha value is -3.36. The van der Waals surface area contributed by atoms with E-state index in [1.807, 2.05) is 0 Å². The van der Waals surface area contributed by atoms with Crippen molar-refractivity contribution in [2.24, 2.45) is 0 Å². The summed E-state index contributed by atoms with van der Waals surface area (Å²) in [6, 6.07) is 44.6. The molecule has 0 spiro atoms. The van der Waals surface area contributed by atoms with Gasteiger partial charge in [-0.25, -0.2) is 0 Å². The molecule has 0 aliphatic heterocycles. The van der Waals surface area contributed by atoms with E-state index in [0.717, 1.165) is 12.8 Å². The summed E-state index contributed by atoms with van der Waals surface area (Å²) in [5, 5.41) is 5.25. The number of rotatable bonds is 4. The summed E-state index contributed by atoms with van der Waals surface area (Å²) in [6.45, 7) is 14.1. The van der Waals surface area contributed by atoms with Gasteiger partial charge in [-0.2, -0.15) is 0 Å². The van der Waals surface area contributed by atoms with Crippen LogP contribution in [0.2, 0.25) is 0 Å². The molecule has 0 saturated carbocycles. The molecule has 0 nitrogen and oxygen atoms in total. The van der Waals surface area contributed by atoms with Gasteiger partial charge in [-0.05, 0) is 0 Å². The Morgan fingerprint density at radius 1 is 0.560 bits per heavy atom. The van der Waals surface area contributed by atoms with Crippen LogP contribution >= 0.6 is 24.8 Å². The second kappa shape index (κ2) is 12.7. The predicted octanol–water partition coefficient (Wildman–Crippen LogP) is 11.2. The SMILES string of the molecule is Cl.Cl.[CH2]=[Hf]([C]1=CC=CC1)([c]1cc(C(C)(C)C)cc2c1Cc1ccc(C(C)(C)C)cc1-2)([c]1cccc2ccccc12)[c]1cccc2ccccc12. The third-order valence-electron chi connectivity index (χ3n) is 11.6. The van der Waals surface area contributed by atoms with Gasteiger partial charge in [0.25, 0.3) is 0 Å². The first-order valence-electron chi connectivity index (χ1n) is 17.6. The molecule has 0 unspecified atom stereocenters. The van der Waals surface area contributed by atoms with Crippen LogP contribution in [-0.4, -0.2) is 4.26 Å². The second-order valence-corrected chi connectivity index (χ2v) is 35.0. The van der Waals surface area contributed by atoms with Crippen LogP contribution in [0.15, 0.2) is 137 Å². The quantitative estimate of drug-likeness (QED) is 0.155. The van der Waals surface area contributed by atoms with Crippen molar-refractivity contribution in [1.29, 1.82) is 0 Å². The summed E-state index contributed by atoms with van der Waals surface area (Å²) in [5.74, 6) is 0. The van der Waals surface area contributed by atoms with Crippen molar-refractivity contribution in [2.75, 3.05) is 0 Å². The molecule has 50 heavy (non-hydrogen) atoms. The summed E-state index contributed by atoms with van der Waals surface area (Å²) in [4.78, 5) is 0. The molecule has 2 aliphatic carbocycles. The Morgan fingerprint density at radius 2 is 1.10 bits per heavy atom. The molecule has 2 aliphatic rings. The van der Waals surface area contributed by atoms with Crippen molar-refractivity contribution in [2.45, 2.75) is 65.2 Å². The molecule has 0 N–H and O–H groups in total. The number of allylic oxidation sites excluding steroid dienone is 4. The average molecular weight is 862 g/mol. The van der Waals surface area contributed by atoms with E-state index in [9.17, 15) is 0 Å². The van der Waals surface area contributed by atoms with Gasteiger partial charge in [-0.15, -0.1) is 24.8 Å². The van der Waals surface area contributed by atoms with Crippen LogP contribution in [-0.2, 0) is 35.3 Å². The monoisotopic (exact) mass is 862 g/mol. The van der Waals surface area contributed by atoms with Gasteiger partial charge in [0.1, 0.15) is 0 Å². The van der Waals surface area contributed by atoms with Gasteiger partial charge in [0.15, 0.2) is 0 Å². The summed E-state index contributed by atoms with van der Waals surface area (Å²) in [7, 11) is 0. The molecule has 0 radical (unpaired) electrons. The summed E-state index contributed by atoms with van der Waals surface area (Å²) >= 11 is -5.28. The van der Waals surface area contributed by atoms with Crippen molar-refractivity contribution in [1.82, 2.24) is 0 Å². The molecule has 0 saturated heterocycles. The van der Waals surface area contributed by atoms with E-state index < -0.39 is 18.0 Å². The van der Waals surface area contributed by atoms with Gasteiger partial charge in [-0.1, -0.05) is 0 Å². The van der Waals surface area contributed by atoms with Crippen LogP contribution in [0, 0.1) is 0 Å². The van der Waals surface area contributed by atoms with Crippen LogP contribution in [0.5, 0.6) is 0 Å². The molecule has 3 heteroatoms. The molecule has 254 valence electrons.